The normalized spacial score (nSPS) is 11.0. The van der Waals surface area contributed by atoms with Crippen molar-refractivity contribution in [1.82, 2.24) is 5.01 Å². The Morgan fingerprint density at radius 2 is 1.90 bits per heavy atom. The van der Waals surface area contributed by atoms with Gasteiger partial charge in [0.05, 0.1) is 13.2 Å². The van der Waals surface area contributed by atoms with E-state index < -0.39 is 17.3 Å². The Hall–Kier alpha value is -1.92. The molecule has 0 atom stereocenters. The van der Waals surface area contributed by atoms with E-state index in [1.165, 1.54) is 13.8 Å². The van der Waals surface area contributed by atoms with Crippen molar-refractivity contribution in [3.63, 3.8) is 0 Å². The maximum absolute atomic E-state index is 12.0. The fourth-order valence-electron chi connectivity index (χ4n) is 1.56. The molecule has 0 saturated carbocycles. The summed E-state index contributed by atoms with van der Waals surface area (Å²) in [5.74, 6) is 4.23. The molecule has 0 unspecified atom stereocenters. The number of esters is 1. The molecular weight excluding hydrogens is 260 g/mol. The lowest BCUT2D eigenvalue weighted by atomic mass is 9.92. The van der Waals surface area contributed by atoms with Gasteiger partial charge in [-0.2, -0.15) is 0 Å². The van der Waals surface area contributed by atoms with Crippen LogP contribution in [0.15, 0.2) is 30.3 Å². The number of rotatable bonds is 6. The summed E-state index contributed by atoms with van der Waals surface area (Å²) in [6, 6.07) is 9.18. The van der Waals surface area contributed by atoms with Crippen molar-refractivity contribution in [2.45, 2.75) is 20.5 Å². The lowest BCUT2D eigenvalue weighted by Gasteiger charge is -2.26. The summed E-state index contributed by atoms with van der Waals surface area (Å²) >= 11 is 0. The van der Waals surface area contributed by atoms with E-state index in [2.05, 4.69) is 0 Å². The molecule has 0 fully saturated rings. The summed E-state index contributed by atoms with van der Waals surface area (Å²) in [7, 11) is 0. The summed E-state index contributed by atoms with van der Waals surface area (Å²) in [6.45, 7) is 2.69. The molecule has 1 aromatic carbocycles. The number of amides is 1. The molecule has 0 bridgehead atoms. The Labute approximate surface area is 118 Å². The zero-order valence-corrected chi connectivity index (χ0v) is 11.7. The average molecular weight is 280 g/mol. The van der Waals surface area contributed by atoms with Crippen molar-refractivity contribution in [3.05, 3.63) is 35.9 Å². The molecule has 0 heterocycles. The van der Waals surface area contributed by atoms with Crippen molar-refractivity contribution >= 4 is 11.9 Å². The first-order chi connectivity index (χ1) is 9.39. The van der Waals surface area contributed by atoms with Crippen molar-refractivity contribution in [3.8, 4) is 0 Å². The number of aliphatic hydroxyl groups is 1. The topological polar surface area (TPSA) is 92.9 Å². The van der Waals surface area contributed by atoms with E-state index in [0.717, 1.165) is 10.6 Å². The Bertz CT molecular complexity index is 460. The summed E-state index contributed by atoms with van der Waals surface area (Å²) < 4.78 is 5.14. The Balaban J connectivity index is 2.62. The molecule has 20 heavy (non-hydrogen) atoms. The summed E-state index contributed by atoms with van der Waals surface area (Å²) in [4.78, 5) is 24.0. The van der Waals surface area contributed by atoms with E-state index in [1.807, 2.05) is 30.3 Å². The largest absolute Gasteiger partial charge is 0.460 e. The molecule has 0 aromatic heterocycles. The van der Waals surface area contributed by atoms with Gasteiger partial charge in [-0.15, -0.1) is 0 Å². The Morgan fingerprint density at radius 3 is 2.45 bits per heavy atom. The van der Waals surface area contributed by atoms with Crippen molar-refractivity contribution in [1.29, 1.82) is 0 Å². The zero-order chi connectivity index (χ0) is 15.2. The molecule has 6 heteroatoms. The summed E-state index contributed by atoms with van der Waals surface area (Å²) in [5.41, 5.74) is -0.553. The van der Waals surface area contributed by atoms with E-state index in [1.54, 1.807) is 0 Å². The average Bonchev–Trinajstić information content (AvgIpc) is 2.45. The third-order valence-electron chi connectivity index (χ3n) is 2.86. The van der Waals surface area contributed by atoms with Gasteiger partial charge >= 0.3 is 5.97 Å². The number of aliphatic hydroxyl groups excluding tert-OH is 1. The highest BCUT2D eigenvalue weighted by molar-refractivity contribution is 6.01. The fraction of sp³-hybridized carbons (Fsp3) is 0.429. The molecule has 1 amide bonds. The highest BCUT2D eigenvalue weighted by Gasteiger charge is 2.40. The van der Waals surface area contributed by atoms with Gasteiger partial charge < -0.3 is 9.84 Å². The van der Waals surface area contributed by atoms with Crippen molar-refractivity contribution < 1.29 is 19.4 Å². The SMILES string of the molecule is CC(C)(C(=O)OCc1ccccc1)C(=O)N(N)CCO. The van der Waals surface area contributed by atoms with Gasteiger partial charge in [-0.3, -0.25) is 14.6 Å². The van der Waals surface area contributed by atoms with Gasteiger partial charge in [-0.05, 0) is 19.4 Å². The van der Waals surface area contributed by atoms with Crippen LogP contribution in [0.3, 0.4) is 0 Å². The number of carbonyl (C=O) groups is 2. The van der Waals surface area contributed by atoms with Gasteiger partial charge in [0.2, 0.25) is 0 Å². The molecule has 3 N–H and O–H groups in total. The number of hydrogen-bond acceptors (Lipinski definition) is 5. The van der Waals surface area contributed by atoms with E-state index >= 15 is 0 Å². The highest BCUT2D eigenvalue weighted by Crippen LogP contribution is 2.20. The van der Waals surface area contributed by atoms with Gasteiger partial charge in [0.25, 0.3) is 5.91 Å². The number of nitrogens with zero attached hydrogens (tertiary/aromatic N) is 1. The van der Waals surface area contributed by atoms with Crippen LogP contribution in [-0.4, -0.2) is 35.1 Å². The first-order valence-electron chi connectivity index (χ1n) is 6.28. The van der Waals surface area contributed by atoms with Crippen LogP contribution in [0.5, 0.6) is 0 Å². The summed E-state index contributed by atoms with van der Waals surface area (Å²) in [5, 5.41) is 9.58. The van der Waals surface area contributed by atoms with Crippen LogP contribution in [0.25, 0.3) is 0 Å². The molecule has 0 saturated heterocycles. The minimum absolute atomic E-state index is 0.0335. The molecule has 0 aliphatic heterocycles. The zero-order valence-electron chi connectivity index (χ0n) is 11.7. The molecule has 6 nitrogen and oxygen atoms in total. The predicted octanol–water partition coefficient (Wildman–Crippen LogP) is 0.451. The molecule has 110 valence electrons. The van der Waals surface area contributed by atoms with Crippen LogP contribution >= 0.6 is 0 Å². The predicted molar refractivity (Wildman–Crippen MR) is 73.0 cm³/mol. The molecule has 0 aliphatic carbocycles. The second-order valence-corrected chi connectivity index (χ2v) is 4.91. The number of benzene rings is 1. The minimum Gasteiger partial charge on any atom is -0.460 e. The smallest absolute Gasteiger partial charge is 0.321 e. The van der Waals surface area contributed by atoms with Crippen LogP contribution in [-0.2, 0) is 20.9 Å². The molecule has 1 aromatic rings. The number of hydrazine groups is 1. The first kappa shape index (κ1) is 16.1. The first-order valence-corrected chi connectivity index (χ1v) is 6.28. The minimum atomic E-state index is -1.39. The molecule has 0 radical (unpaired) electrons. The van der Waals surface area contributed by atoms with Crippen LogP contribution in [0.4, 0.5) is 0 Å². The number of hydrogen-bond donors (Lipinski definition) is 2. The molecule has 1 rings (SSSR count). The lowest BCUT2D eigenvalue weighted by molar-refractivity contribution is -0.164. The second kappa shape index (κ2) is 7.02. The summed E-state index contributed by atoms with van der Waals surface area (Å²) in [6.07, 6.45) is 0. The number of carbonyl (C=O) groups excluding carboxylic acids is 2. The molecular formula is C14H20N2O4. The Morgan fingerprint density at radius 1 is 1.30 bits per heavy atom. The highest BCUT2D eigenvalue weighted by atomic mass is 16.5. The van der Waals surface area contributed by atoms with Crippen LogP contribution < -0.4 is 5.84 Å². The maximum Gasteiger partial charge on any atom is 0.321 e. The van der Waals surface area contributed by atoms with Crippen molar-refractivity contribution in [2.75, 3.05) is 13.2 Å². The van der Waals surface area contributed by atoms with Gasteiger partial charge in [0.1, 0.15) is 12.0 Å². The van der Waals surface area contributed by atoms with E-state index in [-0.39, 0.29) is 19.8 Å². The van der Waals surface area contributed by atoms with Gasteiger partial charge in [0, 0.05) is 0 Å². The second-order valence-electron chi connectivity index (χ2n) is 4.91. The van der Waals surface area contributed by atoms with Gasteiger partial charge in [-0.25, -0.2) is 5.84 Å². The standard InChI is InChI=1S/C14H20N2O4/c1-14(2,12(18)16(15)8-9-17)13(19)20-10-11-6-4-3-5-7-11/h3-7,17H,8-10,15H2,1-2H3. The molecule has 0 spiro atoms. The third kappa shape index (κ3) is 4.04. The van der Waals surface area contributed by atoms with E-state index in [4.69, 9.17) is 15.7 Å². The molecule has 0 aliphatic rings. The Kier molecular flexibility index (Phi) is 5.66. The van der Waals surface area contributed by atoms with Crippen LogP contribution in [0, 0.1) is 5.41 Å². The van der Waals surface area contributed by atoms with Crippen LogP contribution in [0.1, 0.15) is 19.4 Å². The van der Waals surface area contributed by atoms with E-state index in [9.17, 15) is 9.59 Å². The lowest BCUT2D eigenvalue weighted by Crippen LogP contribution is -2.50. The van der Waals surface area contributed by atoms with Crippen LogP contribution in [0.2, 0.25) is 0 Å². The van der Waals surface area contributed by atoms with Crippen molar-refractivity contribution in [2.24, 2.45) is 11.3 Å². The van der Waals surface area contributed by atoms with E-state index in [0.29, 0.717) is 0 Å². The van der Waals surface area contributed by atoms with Gasteiger partial charge in [-0.1, -0.05) is 30.3 Å². The van der Waals surface area contributed by atoms with Gasteiger partial charge in [0.15, 0.2) is 0 Å². The number of ether oxygens (including phenoxy) is 1. The fourth-order valence-corrected chi connectivity index (χ4v) is 1.56. The quantitative estimate of drug-likeness (QED) is 0.259. The maximum atomic E-state index is 12.0. The number of nitrogens with two attached hydrogens (primary N) is 1. The monoisotopic (exact) mass is 280 g/mol. The third-order valence-corrected chi connectivity index (χ3v) is 2.86.